The van der Waals surface area contributed by atoms with Crippen LogP contribution in [0.25, 0.3) is 0 Å². The molecule has 3 N–H and O–H groups in total. The van der Waals surface area contributed by atoms with Crippen LogP contribution in [-0.2, 0) is 0 Å². The van der Waals surface area contributed by atoms with Gasteiger partial charge in [0, 0.05) is 23.4 Å². The number of hydrogen-bond acceptors (Lipinski definition) is 4. The van der Waals surface area contributed by atoms with Gasteiger partial charge < -0.3 is 15.6 Å². The van der Waals surface area contributed by atoms with Gasteiger partial charge in [0.25, 0.3) is 0 Å². The van der Waals surface area contributed by atoms with Gasteiger partial charge in [0.05, 0.1) is 11.8 Å². The molecule has 1 aromatic rings. The van der Waals surface area contributed by atoms with Gasteiger partial charge in [-0.15, -0.1) is 0 Å². The summed E-state index contributed by atoms with van der Waals surface area (Å²) in [4.78, 5) is 0. The van der Waals surface area contributed by atoms with Crippen LogP contribution in [0.1, 0.15) is 45.8 Å². The molecule has 0 bridgehead atoms. The van der Waals surface area contributed by atoms with Crippen LogP contribution >= 0.6 is 0 Å². The third kappa shape index (κ3) is 2.86. The molecule has 110 valence electrons. The Morgan fingerprint density at radius 1 is 1.20 bits per heavy atom. The first-order valence-electron chi connectivity index (χ1n) is 7.00. The summed E-state index contributed by atoms with van der Waals surface area (Å²) in [6.45, 7) is 8.22. The van der Waals surface area contributed by atoms with Crippen molar-refractivity contribution in [3.8, 4) is 0 Å². The number of aliphatic hydroxyl groups excluding tert-OH is 1. The molecule has 0 unspecified atom stereocenters. The third-order valence-corrected chi connectivity index (χ3v) is 4.01. The molecule has 1 heterocycles. The number of piperidine rings is 1. The topological polar surface area (TPSA) is 64.9 Å². The summed E-state index contributed by atoms with van der Waals surface area (Å²) in [6, 6.07) is 9.53. The Labute approximate surface area is 120 Å². The second-order valence-corrected chi connectivity index (χ2v) is 6.83. The van der Waals surface area contributed by atoms with Crippen LogP contribution in [0.5, 0.6) is 0 Å². The van der Waals surface area contributed by atoms with E-state index in [9.17, 15) is 10.3 Å². The zero-order chi connectivity index (χ0) is 15.0. The van der Waals surface area contributed by atoms with Gasteiger partial charge in [-0.3, -0.25) is 0 Å². The van der Waals surface area contributed by atoms with Gasteiger partial charge in [-0.25, -0.2) is 0 Å². The van der Waals surface area contributed by atoms with Crippen molar-refractivity contribution in [2.75, 3.05) is 0 Å². The lowest BCUT2D eigenvalue weighted by Gasteiger charge is -2.49. The molecule has 0 aliphatic carbocycles. The van der Waals surface area contributed by atoms with Crippen LogP contribution in [0.2, 0.25) is 0 Å². The largest absolute Gasteiger partial charge is 0.411 e. The van der Waals surface area contributed by atoms with Crippen LogP contribution < -0.4 is 5.32 Å². The van der Waals surface area contributed by atoms with Gasteiger partial charge in [-0.2, -0.15) is 0 Å². The van der Waals surface area contributed by atoms with E-state index in [-0.39, 0.29) is 17.0 Å². The molecule has 0 radical (unpaired) electrons. The Balaban J connectivity index is 2.38. The second-order valence-electron chi connectivity index (χ2n) is 6.83. The zero-order valence-electron chi connectivity index (χ0n) is 12.6. The average molecular weight is 276 g/mol. The summed E-state index contributed by atoms with van der Waals surface area (Å²) in [5.74, 6) is -0.261. The molecule has 20 heavy (non-hydrogen) atoms. The maximum atomic E-state index is 10.7. The third-order valence-electron chi connectivity index (χ3n) is 4.01. The van der Waals surface area contributed by atoms with Crippen molar-refractivity contribution in [2.45, 2.75) is 51.3 Å². The first kappa shape index (κ1) is 15.0. The van der Waals surface area contributed by atoms with E-state index < -0.39 is 6.10 Å². The zero-order valence-corrected chi connectivity index (χ0v) is 12.6. The number of oxime groups is 1. The molecule has 1 fully saturated rings. The van der Waals surface area contributed by atoms with E-state index in [4.69, 9.17) is 0 Å². The highest BCUT2D eigenvalue weighted by molar-refractivity contribution is 5.90. The van der Waals surface area contributed by atoms with Gasteiger partial charge in [0.1, 0.15) is 0 Å². The Morgan fingerprint density at radius 2 is 1.80 bits per heavy atom. The highest BCUT2D eigenvalue weighted by Crippen LogP contribution is 2.39. The van der Waals surface area contributed by atoms with Gasteiger partial charge in [-0.1, -0.05) is 35.5 Å². The molecular formula is C16H24N2O2. The lowest BCUT2D eigenvalue weighted by Crippen LogP contribution is -2.64. The monoisotopic (exact) mass is 276 g/mol. The summed E-state index contributed by atoms with van der Waals surface area (Å²) < 4.78 is 0. The lowest BCUT2D eigenvalue weighted by atomic mass is 9.69. The fourth-order valence-corrected chi connectivity index (χ4v) is 3.49. The van der Waals surface area contributed by atoms with Crippen LogP contribution in [-0.4, -0.2) is 27.1 Å². The van der Waals surface area contributed by atoms with Crippen molar-refractivity contribution < 1.29 is 10.3 Å². The number of rotatable bonds is 2. The minimum Gasteiger partial charge on any atom is -0.411 e. The summed E-state index contributed by atoms with van der Waals surface area (Å²) in [6.07, 6.45) is -0.0812. The summed E-state index contributed by atoms with van der Waals surface area (Å²) in [5, 5.41) is 27.1. The SMILES string of the molecule is CC1(C)CC(=NO)[C@@H]([C@H](O)c2ccccc2)C(C)(C)N1. The van der Waals surface area contributed by atoms with E-state index in [0.717, 1.165) is 5.56 Å². The molecule has 4 nitrogen and oxygen atoms in total. The summed E-state index contributed by atoms with van der Waals surface area (Å²) in [5.41, 5.74) is 0.972. The van der Waals surface area contributed by atoms with E-state index in [1.54, 1.807) is 0 Å². The quantitative estimate of drug-likeness (QED) is 0.575. The Hall–Kier alpha value is -1.39. The summed E-state index contributed by atoms with van der Waals surface area (Å²) >= 11 is 0. The van der Waals surface area contributed by atoms with E-state index in [1.165, 1.54) is 0 Å². The number of benzene rings is 1. The normalized spacial score (nSPS) is 28.2. The van der Waals surface area contributed by atoms with E-state index in [0.29, 0.717) is 12.1 Å². The molecule has 2 atom stereocenters. The van der Waals surface area contributed by atoms with E-state index in [2.05, 4.69) is 24.3 Å². The predicted octanol–water partition coefficient (Wildman–Crippen LogP) is 2.72. The molecule has 1 aromatic carbocycles. The van der Waals surface area contributed by atoms with Gasteiger partial charge in [0.2, 0.25) is 0 Å². The van der Waals surface area contributed by atoms with Crippen molar-refractivity contribution in [1.29, 1.82) is 0 Å². The smallest absolute Gasteiger partial charge is 0.0889 e. The van der Waals surface area contributed by atoms with E-state index in [1.807, 2.05) is 44.2 Å². The highest BCUT2D eigenvalue weighted by atomic mass is 16.4. The van der Waals surface area contributed by atoms with E-state index >= 15 is 0 Å². The highest BCUT2D eigenvalue weighted by Gasteiger charge is 2.47. The Bertz CT molecular complexity index is 494. The predicted molar refractivity (Wildman–Crippen MR) is 80.0 cm³/mol. The Morgan fingerprint density at radius 3 is 2.35 bits per heavy atom. The fraction of sp³-hybridized carbons (Fsp3) is 0.562. The molecular weight excluding hydrogens is 252 g/mol. The first-order chi connectivity index (χ1) is 9.27. The van der Waals surface area contributed by atoms with Gasteiger partial charge in [0.15, 0.2) is 0 Å². The number of nitrogens with zero attached hydrogens (tertiary/aromatic N) is 1. The summed E-state index contributed by atoms with van der Waals surface area (Å²) in [7, 11) is 0. The van der Waals surface area contributed by atoms with Crippen LogP contribution in [0.15, 0.2) is 35.5 Å². The van der Waals surface area contributed by atoms with Crippen molar-refractivity contribution in [3.63, 3.8) is 0 Å². The Kier molecular flexibility index (Phi) is 3.89. The maximum absolute atomic E-state index is 10.7. The molecule has 0 spiro atoms. The molecule has 0 amide bonds. The van der Waals surface area contributed by atoms with Crippen molar-refractivity contribution in [1.82, 2.24) is 5.32 Å². The number of hydrogen-bond donors (Lipinski definition) is 3. The van der Waals surface area contributed by atoms with Crippen LogP contribution in [0.4, 0.5) is 0 Å². The number of nitrogens with one attached hydrogen (secondary N) is 1. The van der Waals surface area contributed by atoms with Crippen molar-refractivity contribution in [2.24, 2.45) is 11.1 Å². The van der Waals surface area contributed by atoms with Crippen LogP contribution in [0.3, 0.4) is 0 Å². The molecule has 0 aromatic heterocycles. The maximum Gasteiger partial charge on any atom is 0.0889 e. The molecule has 1 saturated heterocycles. The van der Waals surface area contributed by atoms with Crippen molar-refractivity contribution in [3.05, 3.63) is 35.9 Å². The van der Waals surface area contributed by atoms with Gasteiger partial charge in [-0.05, 0) is 33.3 Å². The van der Waals surface area contributed by atoms with Gasteiger partial charge >= 0.3 is 0 Å². The van der Waals surface area contributed by atoms with Crippen molar-refractivity contribution >= 4 is 5.71 Å². The minimum atomic E-state index is -0.694. The average Bonchev–Trinajstić information content (AvgIpc) is 2.36. The number of aliphatic hydroxyl groups is 1. The first-order valence-corrected chi connectivity index (χ1v) is 7.00. The standard InChI is InChI=1S/C16H24N2O2/c1-15(2)10-12(17-20)13(16(3,4)18-15)14(19)11-8-6-5-7-9-11/h5-9,13-14,18-20H,10H2,1-4H3/t13-,14+/m0/s1. The lowest BCUT2D eigenvalue weighted by molar-refractivity contribution is 0.0629. The molecule has 0 saturated carbocycles. The molecule has 4 heteroatoms. The molecule has 2 rings (SSSR count). The van der Waals surface area contributed by atoms with Crippen LogP contribution in [0, 0.1) is 5.92 Å². The second kappa shape index (κ2) is 5.19. The molecule has 1 aliphatic heterocycles. The fourth-order valence-electron chi connectivity index (χ4n) is 3.49. The minimum absolute atomic E-state index is 0.155. The molecule has 1 aliphatic rings.